The molecule has 1 aromatic heterocycles. The molecule has 6 nitrogen and oxygen atoms in total. The number of fused-ring (bicyclic) bond motifs is 2. The standard InChI is InChI=1S/C22H12Cl2N2O4/c1-9-25-21(29)17-15(14-12(23)7-4-8-13(14)24)16-18(27)10-5-2-3-6-11(10)19(28)20(16)30-22(17)26-9/h2-8,15H,1H3,(H,25,26,29). The second-order valence-electron chi connectivity index (χ2n) is 6.99. The Hall–Kier alpha value is -3.22. The molecule has 0 radical (unpaired) electrons. The molecule has 1 aliphatic carbocycles. The number of aromatic nitrogens is 2. The van der Waals surface area contributed by atoms with E-state index < -0.39 is 23.0 Å². The van der Waals surface area contributed by atoms with Crippen LogP contribution in [0.4, 0.5) is 0 Å². The van der Waals surface area contributed by atoms with Crippen molar-refractivity contribution in [2.45, 2.75) is 12.8 Å². The number of nitrogens with zero attached hydrogens (tertiary/aromatic N) is 1. The third-order valence-electron chi connectivity index (χ3n) is 5.21. The number of carbonyl (C=O) groups is 2. The fraction of sp³-hybridized carbons (Fsp3) is 0.0909. The molecule has 1 atom stereocenters. The van der Waals surface area contributed by atoms with E-state index in [0.29, 0.717) is 11.4 Å². The molecule has 2 aromatic carbocycles. The number of nitrogens with one attached hydrogen (secondary N) is 1. The van der Waals surface area contributed by atoms with Crippen LogP contribution in [0, 0.1) is 6.92 Å². The summed E-state index contributed by atoms with van der Waals surface area (Å²) in [5.41, 5.74) is 0.416. The minimum atomic E-state index is -1.01. The quantitative estimate of drug-likeness (QED) is 0.613. The zero-order chi connectivity index (χ0) is 21.2. The molecule has 0 saturated heterocycles. The van der Waals surface area contributed by atoms with Crippen molar-refractivity contribution in [3.63, 3.8) is 0 Å². The van der Waals surface area contributed by atoms with Crippen molar-refractivity contribution in [1.29, 1.82) is 0 Å². The average Bonchev–Trinajstić information content (AvgIpc) is 2.71. The zero-order valence-electron chi connectivity index (χ0n) is 15.5. The molecule has 5 rings (SSSR count). The van der Waals surface area contributed by atoms with Gasteiger partial charge in [-0.3, -0.25) is 14.4 Å². The van der Waals surface area contributed by atoms with Crippen LogP contribution in [0.3, 0.4) is 0 Å². The van der Waals surface area contributed by atoms with Gasteiger partial charge in [0.1, 0.15) is 5.82 Å². The first kappa shape index (κ1) is 18.8. The van der Waals surface area contributed by atoms with Gasteiger partial charge < -0.3 is 9.72 Å². The molecule has 3 aromatic rings. The van der Waals surface area contributed by atoms with E-state index >= 15 is 0 Å². The van der Waals surface area contributed by atoms with Gasteiger partial charge in [-0.1, -0.05) is 53.5 Å². The molecule has 1 unspecified atom stereocenters. The summed E-state index contributed by atoms with van der Waals surface area (Å²) in [5, 5.41) is 0.512. The fourth-order valence-corrected chi connectivity index (χ4v) is 4.57. The molecule has 8 heteroatoms. The van der Waals surface area contributed by atoms with Crippen LogP contribution in [0.2, 0.25) is 10.0 Å². The first-order valence-corrected chi connectivity index (χ1v) is 9.79. The monoisotopic (exact) mass is 438 g/mol. The van der Waals surface area contributed by atoms with Gasteiger partial charge in [0.15, 0.2) is 11.5 Å². The number of Topliss-reactive ketones (excluding diaryl/α,β-unsaturated/α-hetero) is 2. The Morgan fingerprint density at radius 3 is 2.20 bits per heavy atom. The minimum Gasteiger partial charge on any atom is -0.434 e. The lowest BCUT2D eigenvalue weighted by molar-refractivity contribution is 0.0924. The van der Waals surface area contributed by atoms with E-state index in [4.69, 9.17) is 27.9 Å². The molecule has 30 heavy (non-hydrogen) atoms. The Labute approximate surface area is 180 Å². The first-order valence-electron chi connectivity index (χ1n) is 9.03. The lowest BCUT2D eigenvalue weighted by Crippen LogP contribution is -2.35. The summed E-state index contributed by atoms with van der Waals surface area (Å²) in [6.07, 6.45) is 0. The van der Waals surface area contributed by atoms with E-state index in [2.05, 4.69) is 9.97 Å². The predicted molar refractivity (Wildman–Crippen MR) is 111 cm³/mol. The van der Waals surface area contributed by atoms with Crippen LogP contribution in [-0.2, 0) is 0 Å². The molecule has 0 bridgehead atoms. The topological polar surface area (TPSA) is 89.1 Å². The Morgan fingerprint density at radius 2 is 1.53 bits per heavy atom. The van der Waals surface area contributed by atoms with Gasteiger partial charge >= 0.3 is 0 Å². The summed E-state index contributed by atoms with van der Waals surface area (Å²) in [6, 6.07) is 11.3. The zero-order valence-corrected chi connectivity index (χ0v) is 17.0. The number of benzene rings is 2. The van der Waals surface area contributed by atoms with E-state index in [9.17, 15) is 14.4 Å². The normalized spacial score (nSPS) is 17.2. The van der Waals surface area contributed by atoms with Gasteiger partial charge in [-0.15, -0.1) is 0 Å². The van der Waals surface area contributed by atoms with Gasteiger partial charge in [-0.2, -0.15) is 4.98 Å². The lowest BCUT2D eigenvalue weighted by atomic mass is 9.75. The van der Waals surface area contributed by atoms with E-state index in [1.54, 1.807) is 49.4 Å². The average molecular weight is 439 g/mol. The highest BCUT2D eigenvalue weighted by Gasteiger charge is 2.45. The van der Waals surface area contributed by atoms with Crippen LogP contribution in [0.1, 0.15) is 43.6 Å². The fourth-order valence-electron chi connectivity index (χ4n) is 3.95. The SMILES string of the molecule is Cc1nc2c(c(=O)[nH]1)C(c1c(Cl)cccc1Cl)C1=C(O2)C(=O)c2ccccc2C1=O. The third kappa shape index (κ3) is 2.57. The number of hydrogen-bond acceptors (Lipinski definition) is 5. The maximum absolute atomic E-state index is 13.5. The molecule has 2 aliphatic rings. The minimum absolute atomic E-state index is 0.0253. The van der Waals surface area contributed by atoms with Crippen molar-refractivity contribution in [3.05, 3.63) is 102 Å². The Bertz CT molecular complexity index is 1350. The second kappa shape index (κ2) is 6.65. The first-order chi connectivity index (χ1) is 14.4. The van der Waals surface area contributed by atoms with Crippen molar-refractivity contribution in [1.82, 2.24) is 9.97 Å². The van der Waals surface area contributed by atoms with Gasteiger partial charge in [-0.25, -0.2) is 0 Å². The van der Waals surface area contributed by atoms with Crippen LogP contribution in [-0.4, -0.2) is 21.5 Å². The van der Waals surface area contributed by atoms with Crippen molar-refractivity contribution in [2.24, 2.45) is 0 Å². The van der Waals surface area contributed by atoms with Crippen LogP contribution >= 0.6 is 23.2 Å². The smallest absolute Gasteiger partial charge is 0.258 e. The van der Waals surface area contributed by atoms with E-state index in [1.807, 2.05) is 0 Å². The molecule has 1 N–H and O–H groups in total. The van der Waals surface area contributed by atoms with E-state index in [-0.39, 0.29) is 43.9 Å². The van der Waals surface area contributed by atoms with Crippen molar-refractivity contribution in [3.8, 4) is 5.88 Å². The highest BCUT2D eigenvalue weighted by Crippen LogP contribution is 2.48. The molecule has 2 heterocycles. The number of ketones is 2. The van der Waals surface area contributed by atoms with Crippen molar-refractivity contribution < 1.29 is 14.3 Å². The molecule has 1 aliphatic heterocycles. The van der Waals surface area contributed by atoms with Crippen LogP contribution in [0.15, 0.2) is 58.6 Å². The maximum Gasteiger partial charge on any atom is 0.258 e. The number of allylic oxidation sites excluding steroid dienone is 2. The molecule has 148 valence electrons. The summed E-state index contributed by atoms with van der Waals surface area (Å²) in [5.74, 6) is -1.79. The number of carbonyl (C=O) groups excluding carboxylic acids is 2. The third-order valence-corrected chi connectivity index (χ3v) is 5.87. The molecular formula is C22H12Cl2N2O4. The number of H-pyrrole nitrogens is 1. The van der Waals surface area contributed by atoms with Crippen molar-refractivity contribution in [2.75, 3.05) is 0 Å². The Morgan fingerprint density at radius 1 is 0.900 bits per heavy atom. The Kier molecular flexibility index (Phi) is 4.17. The van der Waals surface area contributed by atoms with E-state index in [1.165, 1.54) is 0 Å². The van der Waals surface area contributed by atoms with Crippen LogP contribution in [0.25, 0.3) is 0 Å². The molecule has 0 saturated carbocycles. The van der Waals surface area contributed by atoms with Crippen molar-refractivity contribution >= 4 is 34.8 Å². The maximum atomic E-state index is 13.5. The summed E-state index contributed by atoms with van der Waals surface area (Å²) < 4.78 is 5.76. The number of aryl methyl sites for hydroxylation is 1. The van der Waals surface area contributed by atoms with E-state index in [0.717, 1.165) is 0 Å². The van der Waals surface area contributed by atoms with Gasteiger partial charge in [0, 0.05) is 26.7 Å². The lowest BCUT2D eigenvalue weighted by Gasteiger charge is -2.32. The summed E-state index contributed by atoms with van der Waals surface area (Å²) in [6.45, 7) is 1.59. The number of halogens is 2. The van der Waals surface area contributed by atoms with Crippen LogP contribution in [0.5, 0.6) is 5.88 Å². The van der Waals surface area contributed by atoms with Crippen LogP contribution < -0.4 is 10.3 Å². The predicted octanol–water partition coefficient (Wildman–Crippen LogP) is 4.24. The molecular weight excluding hydrogens is 427 g/mol. The summed E-state index contributed by atoms with van der Waals surface area (Å²) >= 11 is 12.9. The number of hydrogen-bond donors (Lipinski definition) is 1. The molecule has 0 fully saturated rings. The molecule has 0 amide bonds. The van der Waals surface area contributed by atoms with Gasteiger partial charge in [0.05, 0.1) is 17.1 Å². The van der Waals surface area contributed by atoms with Gasteiger partial charge in [0.25, 0.3) is 5.56 Å². The molecule has 0 spiro atoms. The number of rotatable bonds is 1. The number of ether oxygens (including phenoxy) is 1. The van der Waals surface area contributed by atoms with Gasteiger partial charge in [-0.05, 0) is 19.1 Å². The second-order valence-corrected chi connectivity index (χ2v) is 7.80. The number of aromatic amines is 1. The van der Waals surface area contributed by atoms with Gasteiger partial charge in [0.2, 0.25) is 11.7 Å². The highest BCUT2D eigenvalue weighted by molar-refractivity contribution is 6.36. The summed E-state index contributed by atoms with van der Waals surface area (Å²) in [7, 11) is 0. The summed E-state index contributed by atoms with van der Waals surface area (Å²) in [4.78, 5) is 46.5. The highest BCUT2D eigenvalue weighted by atomic mass is 35.5. The largest absolute Gasteiger partial charge is 0.434 e. The Balaban J connectivity index is 1.89.